The molecule has 0 bridgehead atoms. The summed E-state index contributed by atoms with van der Waals surface area (Å²) in [6.07, 6.45) is -1.76. The molecule has 3 nitrogen and oxygen atoms in total. The number of likely N-dealkylation sites (N-methyl/N-ethyl adjacent to an activating group) is 1. The Labute approximate surface area is 108 Å². The highest BCUT2D eigenvalue weighted by atomic mass is 19.3. The van der Waals surface area contributed by atoms with E-state index in [-0.39, 0.29) is 12.6 Å². The molecule has 1 rings (SSSR count). The predicted molar refractivity (Wildman–Crippen MR) is 61.6 cm³/mol. The Bertz CT molecular complexity index is 344. The first-order chi connectivity index (χ1) is 8.95. The quantitative estimate of drug-likeness (QED) is 0.708. The third-order valence-electron chi connectivity index (χ3n) is 2.45. The lowest BCUT2D eigenvalue weighted by molar-refractivity contribution is -0.167. The van der Waals surface area contributed by atoms with E-state index in [0.717, 1.165) is 0 Å². The van der Waals surface area contributed by atoms with E-state index in [2.05, 4.69) is 10.1 Å². The molecule has 0 saturated heterocycles. The molecule has 0 aliphatic heterocycles. The Morgan fingerprint density at radius 3 is 2.68 bits per heavy atom. The third kappa shape index (κ3) is 5.61. The van der Waals surface area contributed by atoms with Crippen LogP contribution in [0.1, 0.15) is 12.7 Å². The average Bonchev–Trinajstić information content (AvgIpc) is 2.81. The van der Waals surface area contributed by atoms with Crippen molar-refractivity contribution in [2.75, 3.05) is 19.8 Å². The maximum Gasteiger partial charge on any atom is 0.330 e. The largest absolute Gasteiger partial charge is 0.469 e. The van der Waals surface area contributed by atoms with E-state index >= 15 is 0 Å². The summed E-state index contributed by atoms with van der Waals surface area (Å²) in [4.78, 5) is 0. The molecule has 110 valence electrons. The van der Waals surface area contributed by atoms with Crippen LogP contribution in [-0.2, 0) is 11.2 Å². The van der Waals surface area contributed by atoms with Crippen LogP contribution in [0.2, 0.25) is 0 Å². The molecular weight excluding hydrogens is 266 g/mol. The number of halogens is 4. The lowest BCUT2D eigenvalue weighted by Gasteiger charge is -2.20. The van der Waals surface area contributed by atoms with Crippen molar-refractivity contribution in [3.63, 3.8) is 0 Å². The molecular formula is C12H17F4NO2. The lowest BCUT2D eigenvalue weighted by Crippen LogP contribution is -2.38. The Kier molecular flexibility index (Phi) is 6.30. The second-order valence-corrected chi connectivity index (χ2v) is 4.11. The summed E-state index contributed by atoms with van der Waals surface area (Å²) in [5.74, 6) is -3.43. The van der Waals surface area contributed by atoms with Crippen LogP contribution in [-0.4, -0.2) is 38.1 Å². The van der Waals surface area contributed by atoms with Gasteiger partial charge in [0.2, 0.25) is 0 Å². The van der Waals surface area contributed by atoms with E-state index in [1.165, 1.54) is 6.26 Å². The average molecular weight is 283 g/mol. The van der Waals surface area contributed by atoms with Crippen LogP contribution in [0.5, 0.6) is 0 Å². The fourth-order valence-electron chi connectivity index (χ4n) is 1.55. The monoisotopic (exact) mass is 283 g/mol. The molecule has 0 fully saturated rings. The Morgan fingerprint density at radius 2 is 2.16 bits per heavy atom. The Balaban J connectivity index is 2.37. The molecule has 0 saturated carbocycles. The van der Waals surface area contributed by atoms with Gasteiger partial charge in [0.15, 0.2) is 0 Å². The van der Waals surface area contributed by atoms with Crippen molar-refractivity contribution >= 4 is 0 Å². The standard InChI is InChI=1S/C12H17F4NO2/c1-2-17-9(6-10-4-3-5-19-10)7-18-8-12(15,16)11(13)14/h3-5,9,11,17H,2,6-8H2,1H3. The molecule has 7 heteroatoms. The first-order valence-corrected chi connectivity index (χ1v) is 5.95. The lowest BCUT2D eigenvalue weighted by atomic mass is 10.2. The van der Waals surface area contributed by atoms with E-state index in [1.807, 2.05) is 6.92 Å². The van der Waals surface area contributed by atoms with Crippen LogP contribution >= 0.6 is 0 Å². The number of rotatable bonds is 9. The summed E-state index contributed by atoms with van der Waals surface area (Å²) in [5, 5.41) is 3.02. The Hall–Kier alpha value is -1.08. The van der Waals surface area contributed by atoms with Crippen LogP contribution in [0.25, 0.3) is 0 Å². The summed E-state index contributed by atoms with van der Waals surface area (Å²) < 4.78 is 59.0. The van der Waals surface area contributed by atoms with Gasteiger partial charge in [-0.1, -0.05) is 6.92 Å². The van der Waals surface area contributed by atoms with Crippen molar-refractivity contribution < 1.29 is 26.7 Å². The summed E-state index contributed by atoms with van der Waals surface area (Å²) in [7, 11) is 0. The molecule has 1 aromatic heterocycles. The molecule has 0 aromatic carbocycles. The summed E-state index contributed by atoms with van der Waals surface area (Å²) in [5.41, 5.74) is 0. The van der Waals surface area contributed by atoms with Gasteiger partial charge >= 0.3 is 12.3 Å². The number of alkyl halides is 4. The minimum Gasteiger partial charge on any atom is -0.469 e. The van der Waals surface area contributed by atoms with Crippen molar-refractivity contribution in [1.82, 2.24) is 5.32 Å². The highest BCUT2D eigenvalue weighted by Crippen LogP contribution is 2.22. The molecule has 0 aliphatic rings. The maximum atomic E-state index is 12.6. The Morgan fingerprint density at radius 1 is 1.42 bits per heavy atom. The second kappa shape index (κ2) is 7.49. The highest BCUT2D eigenvalue weighted by molar-refractivity contribution is 5.00. The van der Waals surface area contributed by atoms with Gasteiger partial charge in [0.25, 0.3) is 0 Å². The highest BCUT2D eigenvalue weighted by Gasteiger charge is 2.41. The van der Waals surface area contributed by atoms with Crippen molar-refractivity contribution in [3.05, 3.63) is 24.2 Å². The molecule has 0 aliphatic carbocycles. The van der Waals surface area contributed by atoms with Gasteiger partial charge < -0.3 is 14.5 Å². The smallest absolute Gasteiger partial charge is 0.330 e. The molecule has 19 heavy (non-hydrogen) atoms. The normalized spacial score (nSPS) is 14.0. The first-order valence-electron chi connectivity index (χ1n) is 5.95. The van der Waals surface area contributed by atoms with E-state index < -0.39 is 19.0 Å². The van der Waals surface area contributed by atoms with Crippen LogP contribution in [0.3, 0.4) is 0 Å². The topological polar surface area (TPSA) is 34.4 Å². The predicted octanol–water partition coefficient (Wildman–Crippen LogP) is 2.72. The van der Waals surface area contributed by atoms with Gasteiger partial charge in [-0.25, -0.2) is 8.78 Å². The molecule has 1 heterocycles. The number of furan rings is 1. The van der Waals surface area contributed by atoms with E-state index in [1.54, 1.807) is 12.1 Å². The second-order valence-electron chi connectivity index (χ2n) is 4.11. The molecule has 0 radical (unpaired) electrons. The molecule has 1 atom stereocenters. The van der Waals surface area contributed by atoms with Gasteiger partial charge in [-0.3, -0.25) is 0 Å². The summed E-state index contributed by atoms with van der Waals surface area (Å²) in [6, 6.07) is 3.20. The van der Waals surface area contributed by atoms with Gasteiger partial charge in [-0.2, -0.15) is 8.78 Å². The molecule has 1 N–H and O–H groups in total. The van der Waals surface area contributed by atoms with Gasteiger partial charge in [-0.15, -0.1) is 0 Å². The van der Waals surface area contributed by atoms with Gasteiger partial charge in [0.1, 0.15) is 12.4 Å². The van der Waals surface area contributed by atoms with Crippen molar-refractivity contribution in [3.8, 4) is 0 Å². The van der Waals surface area contributed by atoms with E-state index in [0.29, 0.717) is 18.7 Å². The summed E-state index contributed by atoms with van der Waals surface area (Å²) >= 11 is 0. The number of hydrogen-bond acceptors (Lipinski definition) is 3. The fourth-order valence-corrected chi connectivity index (χ4v) is 1.55. The van der Waals surface area contributed by atoms with E-state index in [4.69, 9.17) is 4.42 Å². The molecule has 0 amide bonds. The molecule has 1 unspecified atom stereocenters. The van der Waals surface area contributed by atoms with Crippen molar-refractivity contribution in [2.24, 2.45) is 0 Å². The van der Waals surface area contributed by atoms with Gasteiger partial charge in [0.05, 0.1) is 12.9 Å². The maximum absolute atomic E-state index is 12.6. The van der Waals surface area contributed by atoms with Crippen molar-refractivity contribution in [1.29, 1.82) is 0 Å². The first kappa shape index (κ1) is 16.0. The van der Waals surface area contributed by atoms with Crippen molar-refractivity contribution in [2.45, 2.75) is 31.7 Å². The van der Waals surface area contributed by atoms with E-state index in [9.17, 15) is 17.6 Å². The van der Waals surface area contributed by atoms with Crippen LogP contribution in [0.15, 0.2) is 22.8 Å². The molecule has 1 aromatic rings. The zero-order chi connectivity index (χ0) is 14.3. The summed E-state index contributed by atoms with van der Waals surface area (Å²) in [6.45, 7) is 1.09. The van der Waals surface area contributed by atoms with Gasteiger partial charge in [-0.05, 0) is 18.7 Å². The fraction of sp³-hybridized carbons (Fsp3) is 0.667. The number of hydrogen-bond donors (Lipinski definition) is 1. The zero-order valence-corrected chi connectivity index (χ0v) is 10.5. The zero-order valence-electron chi connectivity index (χ0n) is 10.5. The third-order valence-corrected chi connectivity index (χ3v) is 2.45. The van der Waals surface area contributed by atoms with Crippen LogP contribution in [0.4, 0.5) is 17.6 Å². The van der Waals surface area contributed by atoms with Gasteiger partial charge in [0, 0.05) is 12.5 Å². The number of nitrogens with one attached hydrogen (secondary N) is 1. The van der Waals surface area contributed by atoms with Crippen LogP contribution < -0.4 is 5.32 Å². The molecule has 0 spiro atoms. The minimum atomic E-state index is -4.11. The number of ether oxygens (including phenoxy) is 1. The minimum absolute atomic E-state index is 0.0865. The SMILES string of the molecule is CCNC(COCC(F)(F)C(F)F)Cc1ccco1. The van der Waals surface area contributed by atoms with Crippen LogP contribution in [0, 0.1) is 0 Å².